The van der Waals surface area contributed by atoms with Gasteiger partial charge in [0.05, 0.1) is 0 Å². The standard InChI is InChI=1S/C15H26N2O2S2/c1-4-7-16-9-14-8-15(20-11-14)21(18,19)17(12(2)3)10-13-5-6-13/h8,11-13,16H,4-7,9-10H2,1-3H3. The smallest absolute Gasteiger partial charge is 0.252 e. The molecule has 4 nitrogen and oxygen atoms in total. The van der Waals surface area contributed by atoms with Gasteiger partial charge in [0, 0.05) is 19.1 Å². The van der Waals surface area contributed by atoms with Crippen LogP contribution in [-0.4, -0.2) is 31.9 Å². The molecule has 0 radical (unpaired) electrons. The van der Waals surface area contributed by atoms with Crippen LogP contribution in [0.3, 0.4) is 0 Å². The number of sulfonamides is 1. The molecule has 21 heavy (non-hydrogen) atoms. The van der Waals surface area contributed by atoms with Gasteiger partial charge in [-0.2, -0.15) is 4.31 Å². The fraction of sp³-hybridized carbons (Fsp3) is 0.733. The number of rotatable bonds is 9. The monoisotopic (exact) mass is 330 g/mol. The highest BCUT2D eigenvalue weighted by Gasteiger charge is 2.34. The first-order chi connectivity index (χ1) is 9.95. The number of nitrogens with one attached hydrogen (secondary N) is 1. The van der Waals surface area contributed by atoms with Crippen LogP contribution in [0, 0.1) is 5.92 Å². The van der Waals surface area contributed by atoms with Gasteiger partial charge in [0.1, 0.15) is 4.21 Å². The molecule has 0 atom stereocenters. The van der Waals surface area contributed by atoms with Crippen molar-refractivity contribution in [2.75, 3.05) is 13.1 Å². The largest absolute Gasteiger partial charge is 0.313 e. The predicted molar refractivity (Wildman–Crippen MR) is 88.1 cm³/mol. The van der Waals surface area contributed by atoms with Crippen molar-refractivity contribution < 1.29 is 8.42 Å². The molecule has 1 N–H and O–H groups in total. The van der Waals surface area contributed by atoms with Crippen molar-refractivity contribution in [2.45, 2.75) is 56.8 Å². The summed E-state index contributed by atoms with van der Waals surface area (Å²) in [5.41, 5.74) is 1.06. The van der Waals surface area contributed by atoms with Crippen molar-refractivity contribution in [1.29, 1.82) is 0 Å². The van der Waals surface area contributed by atoms with Crippen molar-refractivity contribution in [3.8, 4) is 0 Å². The molecule has 1 aliphatic rings. The lowest BCUT2D eigenvalue weighted by molar-refractivity contribution is 0.342. The lowest BCUT2D eigenvalue weighted by Crippen LogP contribution is -2.38. The molecule has 1 fully saturated rings. The Hall–Kier alpha value is -0.430. The first-order valence-corrected chi connectivity index (χ1v) is 10.1. The van der Waals surface area contributed by atoms with E-state index >= 15 is 0 Å². The van der Waals surface area contributed by atoms with E-state index in [2.05, 4.69) is 12.2 Å². The second-order valence-corrected chi connectivity index (χ2v) is 9.09. The van der Waals surface area contributed by atoms with Crippen LogP contribution in [0.2, 0.25) is 0 Å². The fourth-order valence-electron chi connectivity index (χ4n) is 2.25. The van der Waals surface area contributed by atoms with E-state index in [4.69, 9.17) is 0 Å². The maximum atomic E-state index is 12.8. The first kappa shape index (κ1) is 16.9. The Balaban J connectivity index is 2.09. The molecule has 0 saturated heterocycles. The fourth-order valence-corrected chi connectivity index (χ4v) is 5.30. The second kappa shape index (κ2) is 7.22. The summed E-state index contributed by atoms with van der Waals surface area (Å²) in [6.45, 7) is 8.40. The van der Waals surface area contributed by atoms with Gasteiger partial charge >= 0.3 is 0 Å². The third-order valence-electron chi connectivity index (χ3n) is 3.66. The quantitative estimate of drug-likeness (QED) is 0.708. The molecule has 0 aliphatic heterocycles. The SMILES string of the molecule is CCCNCc1csc(S(=O)(=O)N(CC2CC2)C(C)C)c1. The molecule has 1 aromatic rings. The van der Waals surface area contributed by atoms with E-state index in [0.717, 1.165) is 37.9 Å². The highest BCUT2D eigenvalue weighted by molar-refractivity contribution is 7.91. The molecule has 1 aromatic heterocycles. The third-order valence-corrected chi connectivity index (χ3v) is 7.17. The zero-order chi connectivity index (χ0) is 15.5. The number of hydrogen-bond acceptors (Lipinski definition) is 4. The second-order valence-electron chi connectivity index (χ2n) is 6.06. The summed E-state index contributed by atoms with van der Waals surface area (Å²) in [5, 5.41) is 5.26. The molecule has 6 heteroatoms. The zero-order valence-corrected chi connectivity index (χ0v) is 14.8. The Labute approximate surface area is 132 Å². The lowest BCUT2D eigenvalue weighted by Gasteiger charge is -2.25. The third kappa shape index (κ3) is 4.52. The lowest BCUT2D eigenvalue weighted by atomic mass is 10.3. The van der Waals surface area contributed by atoms with Gasteiger partial charge in [-0.3, -0.25) is 0 Å². The van der Waals surface area contributed by atoms with Crippen molar-refractivity contribution in [3.63, 3.8) is 0 Å². The number of hydrogen-bond donors (Lipinski definition) is 1. The number of nitrogens with zero attached hydrogens (tertiary/aromatic N) is 1. The van der Waals surface area contributed by atoms with Gasteiger partial charge in [-0.1, -0.05) is 6.92 Å². The Morgan fingerprint density at radius 1 is 1.43 bits per heavy atom. The van der Waals surface area contributed by atoms with Crippen LogP contribution in [0.15, 0.2) is 15.7 Å². The topological polar surface area (TPSA) is 49.4 Å². The van der Waals surface area contributed by atoms with Crippen molar-refractivity contribution in [2.24, 2.45) is 5.92 Å². The van der Waals surface area contributed by atoms with E-state index in [0.29, 0.717) is 16.7 Å². The minimum absolute atomic E-state index is 0.0133. The Morgan fingerprint density at radius 3 is 2.71 bits per heavy atom. The molecule has 1 saturated carbocycles. The van der Waals surface area contributed by atoms with E-state index in [-0.39, 0.29) is 6.04 Å². The summed E-state index contributed by atoms with van der Waals surface area (Å²) in [7, 11) is -3.34. The molecular weight excluding hydrogens is 304 g/mol. The van der Waals surface area contributed by atoms with Crippen LogP contribution in [0.1, 0.15) is 45.6 Å². The normalized spacial score (nSPS) is 16.0. The van der Waals surface area contributed by atoms with Gasteiger partial charge in [0.25, 0.3) is 10.0 Å². The van der Waals surface area contributed by atoms with Crippen LogP contribution in [0.4, 0.5) is 0 Å². The zero-order valence-electron chi connectivity index (χ0n) is 13.1. The van der Waals surface area contributed by atoms with E-state index in [1.54, 1.807) is 4.31 Å². The van der Waals surface area contributed by atoms with E-state index < -0.39 is 10.0 Å². The maximum Gasteiger partial charge on any atom is 0.252 e. The average Bonchev–Trinajstić information content (AvgIpc) is 3.12. The van der Waals surface area contributed by atoms with E-state index in [9.17, 15) is 8.42 Å². The number of thiophene rings is 1. The highest BCUT2D eigenvalue weighted by atomic mass is 32.2. The van der Waals surface area contributed by atoms with Gasteiger partial charge in [-0.05, 0) is 62.6 Å². The summed E-state index contributed by atoms with van der Waals surface area (Å²) in [4.78, 5) is 0. The average molecular weight is 331 g/mol. The summed E-state index contributed by atoms with van der Waals surface area (Å²) >= 11 is 1.34. The molecule has 0 bridgehead atoms. The molecule has 0 spiro atoms. The summed E-state index contributed by atoms with van der Waals surface area (Å²) < 4.78 is 27.7. The van der Waals surface area contributed by atoms with Gasteiger partial charge in [0.15, 0.2) is 0 Å². The summed E-state index contributed by atoms with van der Waals surface area (Å²) in [6.07, 6.45) is 3.41. The van der Waals surface area contributed by atoms with Crippen molar-refractivity contribution in [1.82, 2.24) is 9.62 Å². The minimum Gasteiger partial charge on any atom is -0.313 e. The molecule has 0 aromatic carbocycles. The van der Waals surface area contributed by atoms with Gasteiger partial charge in [-0.25, -0.2) is 8.42 Å². The molecule has 1 aliphatic carbocycles. The van der Waals surface area contributed by atoms with Crippen molar-refractivity contribution >= 4 is 21.4 Å². The predicted octanol–water partition coefficient (Wildman–Crippen LogP) is 3.06. The van der Waals surface area contributed by atoms with E-state index in [1.165, 1.54) is 11.3 Å². The Bertz CT molecular complexity index is 548. The van der Waals surface area contributed by atoms with Crippen LogP contribution in [-0.2, 0) is 16.6 Å². The molecule has 2 rings (SSSR count). The van der Waals surface area contributed by atoms with Crippen LogP contribution in [0.25, 0.3) is 0 Å². The van der Waals surface area contributed by atoms with Crippen LogP contribution < -0.4 is 5.32 Å². The highest BCUT2D eigenvalue weighted by Crippen LogP contribution is 2.33. The summed E-state index contributed by atoms with van der Waals surface area (Å²) in [6, 6.07) is 1.84. The van der Waals surface area contributed by atoms with Gasteiger partial charge in [0.2, 0.25) is 0 Å². The van der Waals surface area contributed by atoms with Crippen LogP contribution in [0.5, 0.6) is 0 Å². The van der Waals surface area contributed by atoms with Gasteiger partial charge < -0.3 is 5.32 Å². The van der Waals surface area contributed by atoms with E-state index in [1.807, 2.05) is 25.3 Å². The minimum atomic E-state index is -3.34. The van der Waals surface area contributed by atoms with Crippen molar-refractivity contribution in [3.05, 3.63) is 17.0 Å². The maximum absolute atomic E-state index is 12.8. The molecular formula is C15H26N2O2S2. The molecule has 0 unspecified atom stereocenters. The Kier molecular flexibility index (Phi) is 5.82. The summed E-state index contributed by atoms with van der Waals surface area (Å²) in [5.74, 6) is 0.563. The van der Waals surface area contributed by atoms with Gasteiger partial charge in [-0.15, -0.1) is 11.3 Å². The molecule has 1 heterocycles. The Morgan fingerprint density at radius 2 is 2.14 bits per heavy atom. The molecule has 0 amide bonds. The van der Waals surface area contributed by atoms with Crippen LogP contribution >= 0.6 is 11.3 Å². The molecule has 120 valence electrons. The first-order valence-electron chi connectivity index (χ1n) is 7.75.